The van der Waals surface area contributed by atoms with Crippen LogP contribution in [0.4, 0.5) is 10.1 Å². The lowest BCUT2D eigenvalue weighted by atomic mass is 10.1. The predicted molar refractivity (Wildman–Crippen MR) is 66.5 cm³/mol. The highest BCUT2D eigenvalue weighted by atomic mass is 19.1. The minimum atomic E-state index is -0.463. The third-order valence-corrected chi connectivity index (χ3v) is 3.40. The van der Waals surface area contributed by atoms with Crippen molar-refractivity contribution in [2.45, 2.75) is 25.4 Å². The molecule has 0 bridgehead atoms. The summed E-state index contributed by atoms with van der Waals surface area (Å²) >= 11 is 0. The van der Waals surface area contributed by atoms with Crippen molar-refractivity contribution in [1.29, 1.82) is 0 Å². The number of hydrogen-bond donors (Lipinski definition) is 3. The third kappa shape index (κ3) is 2.79. The molecule has 98 valence electrons. The summed E-state index contributed by atoms with van der Waals surface area (Å²) in [5.74, 6) is -0.683. The van der Waals surface area contributed by atoms with Gasteiger partial charge in [-0.25, -0.2) is 4.39 Å². The molecule has 0 aromatic heterocycles. The second-order valence-electron chi connectivity index (χ2n) is 4.70. The second-order valence-corrected chi connectivity index (χ2v) is 4.70. The van der Waals surface area contributed by atoms with Crippen LogP contribution in [0.25, 0.3) is 0 Å². The first kappa shape index (κ1) is 12.8. The van der Waals surface area contributed by atoms with Crippen molar-refractivity contribution >= 4 is 11.6 Å². The fraction of sp³-hybridized carbons (Fsp3) is 0.462. The Hall–Kier alpha value is -1.62. The largest absolute Gasteiger partial charge is 0.398 e. The molecule has 1 fully saturated rings. The lowest BCUT2D eigenvalue weighted by Gasteiger charge is -2.15. The number of carbonyl (C=O) groups is 1. The Balaban J connectivity index is 1.95. The van der Waals surface area contributed by atoms with Crippen LogP contribution in [0.5, 0.6) is 0 Å². The highest BCUT2D eigenvalue weighted by Crippen LogP contribution is 2.24. The van der Waals surface area contributed by atoms with E-state index in [2.05, 4.69) is 5.32 Å². The van der Waals surface area contributed by atoms with E-state index in [9.17, 15) is 14.3 Å². The Morgan fingerprint density at radius 2 is 2.28 bits per heavy atom. The summed E-state index contributed by atoms with van der Waals surface area (Å²) < 4.78 is 12.8. The fourth-order valence-electron chi connectivity index (χ4n) is 2.31. The normalized spacial score (nSPS) is 23.0. The summed E-state index contributed by atoms with van der Waals surface area (Å²) in [5, 5.41) is 12.4. The molecule has 4 nitrogen and oxygen atoms in total. The highest BCUT2D eigenvalue weighted by molar-refractivity contribution is 5.99. The number of nitrogens with two attached hydrogens (primary N) is 1. The number of amides is 1. The molecule has 2 rings (SSSR count). The molecule has 1 aromatic carbocycles. The van der Waals surface area contributed by atoms with Gasteiger partial charge in [0.15, 0.2) is 0 Å². The van der Waals surface area contributed by atoms with Crippen LogP contribution in [-0.4, -0.2) is 23.7 Å². The number of nitrogens with one attached hydrogen (secondary N) is 1. The topological polar surface area (TPSA) is 75.4 Å². The maximum absolute atomic E-state index is 12.8. The van der Waals surface area contributed by atoms with Crippen molar-refractivity contribution in [1.82, 2.24) is 5.32 Å². The van der Waals surface area contributed by atoms with Gasteiger partial charge >= 0.3 is 0 Å². The number of rotatable bonds is 3. The summed E-state index contributed by atoms with van der Waals surface area (Å²) in [5.41, 5.74) is 5.98. The summed E-state index contributed by atoms with van der Waals surface area (Å²) in [6.45, 7) is 0.427. The maximum Gasteiger partial charge on any atom is 0.253 e. The van der Waals surface area contributed by atoms with Gasteiger partial charge in [-0.05, 0) is 31.0 Å². The molecule has 4 N–H and O–H groups in total. The molecule has 1 saturated carbocycles. The lowest BCUT2D eigenvalue weighted by Crippen LogP contribution is -2.32. The van der Waals surface area contributed by atoms with Crippen molar-refractivity contribution in [3.05, 3.63) is 29.6 Å². The number of aliphatic hydroxyl groups is 1. The van der Waals surface area contributed by atoms with Gasteiger partial charge in [-0.2, -0.15) is 0 Å². The van der Waals surface area contributed by atoms with E-state index in [0.29, 0.717) is 6.54 Å². The molecule has 0 heterocycles. The number of hydrogen-bond acceptors (Lipinski definition) is 3. The fourth-order valence-corrected chi connectivity index (χ4v) is 2.31. The summed E-state index contributed by atoms with van der Waals surface area (Å²) in [4.78, 5) is 11.8. The molecule has 2 atom stereocenters. The van der Waals surface area contributed by atoms with Crippen LogP contribution in [-0.2, 0) is 0 Å². The smallest absolute Gasteiger partial charge is 0.253 e. The number of nitrogen functional groups attached to an aromatic ring is 1. The molecule has 1 aliphatic carbocycles. The van der Waals surface area contributed by atoms with Gasteiger partial charge in [-0.15, -0.1) is 0 Å². The van der Waals surface area contributed by atoms with Gasteiger partial charge in [0, 0.05) is 18.2 Å². The zero-order chi connectivity index (χ0) is 13.1. The number of carbonyl (C=O) groups excluding carboxylic acids is 1. The minimum Gasteiger partial charge on any atom is -0.398 e. The summed E-state index contributed by atoms with van der Waals surface area (Å²) in [6.07, 6.45) is 2.36. The predicted octanol–water partition coefficient (Wildman–Crippen LogP) is 1.30. The maximum atomic E-state index is 12.8. The molecule has 0 aliphatic heterocycles. The molecule has 2 unspecified atom stereocenters. The van der Waals surface area contributed by atoms with Crippen molar-refractivity contribution in [3.63, 3.8) is 0 Å². The first-order chi connectivity index (χ1) is 8.58. The van der Waals surface area contributed by atoms with Crippen LogP contribution in [0.3, 0.4) is 0 Å². The van der Waals surface area contributed by atoms with Crippen LogP contribution < -0.4 is 11.1 Å². The van der Waals surface area contributed by atoms with Crippen molar-refractivity contribution in [2.24, 2.45) is 5.92 Å². The molecule has 0 radical (unpaired) electrons. The van der Waals surface area contributed by atoms with Gasteiger partial charge in [0.25, 0.3) is 5.91 Å². The number of benzene rings is 1. The third-order valence-electron chi connectivity index (χ3n) is 3.40. The van der Waals surface area contributed by atoms with Gasteiger partial charge < -0.3 is 16.2 Å². The van der Waals surface area contributed by atoms with E-state index >= 15 is 0 Å². The van der Waals surface area contributed by atoms with Crippen LogP contribution in [0, 0.1) is 11.7 Å². The molecule has 1 amide bonds. The van der Waals surface area contributed by atoms with Gasteiger partial charge in [0.2, 0.25) is 0 Å². The van der Waals surface area contributed by atoms with Crippen molar-refractivity contribution in [3.8, 4) is 0 Å². The monoisotopic (exact) mass is 252 g/mol. The second kappa shape index (κ2) is 5.35. The Kier molecular flexibility index (Phi) is 3.81. The van der Waals surface area contributed by atoms with Crippen molar-refractivity contribution in [2.75, 3.05) is 12.3 Å². The first-order valence-corrected chi connectivity index (χ1v) is 6.09. The van der Waals surface area contributed by atoms with E-state index in [1.54, 1.807) is 0 Å². The molecule has 18 heavy (non-hydrogen) atoms. The van der Waals surface area contributed by atoms with Crippen LogP contribution in [0.2, 0.25) is 0 Å². The van der Waals surface area contributed by atoms with Crippen molar-refractivity contribution < 1.29 is 14.3 Å². The van der Waals surface area contributed by atoms with E-state index in [4.69, 9.17) is 5.73 Å². The van der Waals surface area contributed by atoms with Crippen LogP contribution in [0.15, 0.2) is 18.2 Å². The molecule has 0 saturated heterocycles. The highest BCUT2D eigenvalue weighted by Gasteiger charge is 2.25. The van der Waals surface area contributed by atoms with Gasteiger partial charge in [-0.3, -0.25) is 4.79 Å². The van der Waals surface area contributed by atoms with E-state index < -0.39 is 5.82 Å². The van der Waals surface area contributed by atoms with Gasteiger partial charge in [0.05, 0.1) is 11.7 Å². The quantitative estimate of drug-likeness (QED) is 0.710. The Morgan fingerprint density at radius 1 is 1.50 bits per heavy atom. The molecular formula is C13H17FN2O2. The van der Waals surface area contributed by atoms with E-state index in [0.717, 1.165) is 25.3 Å². The lowest BCUT2D eigenvalue weighted by molar-refractivity contribution is 0.0917. The van der Waals surface area contributed by atoms with E-state index in [-0.39, 0.29) is 29.2 Å². The average molecular weight is 252 g/mol. The minimum absolute atomic E-state index is 0.107. The molecule has 1 aliphatic rings. The summed E-state index contributed by atoms with van der Waals surface area (Å²) in [7, 11) is 0. The van der Waals surface area contributed by atoms with E-state index in [1.807, 2.05) is 0 Å². The standard InChI is InChI=1S/C13H17FN2O2/c14-9-4-5-10(11(15)6-9)13(18)16-7-8-2-1-3-12(8)17/h4-6,8,12,17H,1-3,7,15H2,(H,16,18). The zero-order valence-electron chi connectivity index (χ0n) is 10.0. The molecule has 5 heteroatoms. The SMILES string of the molecule is Nc1cc(F)ccc1C(=O)NCC1CCCC1O. The Morgan fingerprint density at radius 3 is 2.89 bits per heavy atom. The van der Waals surface area contributed by atoms with Crippen LogP contribution in [0.1, 0.15) is 29.6 Å². The van der Waals surface area contributed by atoms with Gasteiger partial charge in [-0.1, -0.05) is 6.42 Å². The molecule has 1 aromatic rings. The van der Waals surface area contributed by atoms with Gasteiger partial charge in [0.1, 0.15) is 5.82 Å². The number of halogens is 1. The first-order valence-electron chi connectivity index (χ1n) is 6.09. The zero-order valence-corrected chi connectivity index (χ0v) is 10.0. The summed E-state index contributed by atoms with van der Waals surface area (Å²) in [6, 6.07) is 3.69. The Labute approximate surface area is 105 Å². The molecular weight excluding hydrogens is 235 g/mol. The Bertz CT molecular complexity index is 451. The van der Waals surface area contributed by atoms with E-state index in [1.165, 1.54) is 12.1 Å². The number of aliphatic hydroxyl groups excluding tert-OH is 1. The van der Waals surface area contributed by atoms with Crippen LogP contribution >= 0.6 is 0 Å². The number of anilines is 1. The molecule has 0 spiro atoms. The average Bonchev–Trinajstić information content (AvgIpc) is 2.72.